The van der Waals surface area contributed by atoms with E-state index < -0.39 is 37.2 Å². The largest absolute Gasteiger partial charge is 0.481 e. The number of nitrogens with one attached hydrogen (secondary N) is 3. The van der Waals surface area contributed by atoms with Crippen LogP contribution in [0.15, 0.2) is 36.7 Å². The molecule has 0 saturated carbocycles. The lowest BCUT2D eigenvalue weighted by molar-refractivity contribution is -0.137. The van der Waals surface area contributed by atoms with E-state index in [0.29, 0.717) is 46.7 Å². The van der Waals surface area contributed by atoms with Crippen molar-refractivity contribution in [3.05, 3.63) is 48.3 Å². The van der Waals surface area contributed by atoms with Crippen LogP contribution in [0, 0.1) is 13.8 Å². The second kappa shape index (κ2) is 19.8. The lowest BCUT2D eigenvalue weighted by Crippen LogP contribution is -2.57. The number of anilines is 2. The van der Waals surface area contributed by atoms with Gasteiger partial charge in [0.1, 0.15) is 16.9 Å². The molecule has 4 heterocycles. The number of carbonyl (C=O) groups excluding carboxylic acids is 3. The highest BCUT2D eigenvalue weighted by molar-refractivity contribution is 5.91. The normalized spacial score (nSPS) is 10.8. The van der Waals surface area contributed by atoms with Gasteiger partial charge in [-0.15, -0.1) is 40.8 Å². The minimum absolute atomic E-state index is 0.00286. The number of pyridine rings is 2. The van der Waals surface area contributed by atoms with Crippen molar-refractivity contribution in [3.63, 3.8) is 0 Å². The van der Waals surface area contributed by atoms with Crippen molar-refractivity contribution < 1.29 is 39.6 Å². The minimum Gasteiger partial charge on any atom is -0.481 e. The zero-order valence-corrected chi connectivity index (χ0v) is 27.7. The Morgan fingerprint density at radius 2 is 0.980 bits per heavy atom. The quantitative estimate of drug-likeness (QED) is 0.0765. The molecule has 0 atom stereocenters. The third-order valence-electron chi connectivity index (χ3n) is 6.63. The van der Waals surface area contributed by atoms with Gasteiger partial charge < -0.3 is 36.4 Å². The van der Waals surface area contributed by atoms with Crippen LogP contribution in [-0.4, -0.2) is 120 Å². The summed E-state index contributed by atoms with van der Waals surface area (Å²) in [5.41, 5.74) is 0.454. The first-order valence-electron chi connectivity index (χ1n) is 15.4. The number of aromatic nitrogens is 10. The van der Waals surface area contributed by atoms with Crippen LogP contribution >= 0.6 is 0 Å². The second-order valence-corrected chi connectivity index (χ2v) is 10.9. The Morgan fingerprint density at radius 1 is 0.588 bits per heavy atom. The maximum Gasteiger partial charge on any atom is 0.303 e. The maximum absolute atomic E-state index is 12.0. The molecule has 0 fully saturated rings. The van der Waals surface area contributed by atoms with E-state index in [0.717, 1.165) is 0 Å². The van der Waals surface area contributed by atoms with Crippen LogP contribution in [0.25, 0.3) is 23.0 Å². The molecule has 7 N–H and O–H groups in total. The van der Waals surface area contributed by atoms with Crippen LogP contribution in [0.3, 0.4) is 0 Å². The summed E-state index contributed by atoms with van der Waals surface area (Å²) in [5.74, 6) is -0.490. The molecule has 0 aliphatic carbocycles. The maximum atomic E-state index is 12.0. The van der Waals surface area contributed by atoms with Crippen molar-refractivity contribution in [2.24, 2.45) is 0 Å². The Labute approximate surface area is 290 Å². The number of aryl methyl sites for hydroxylation is 2. The van der Waals surface area contributed by atoms with E-state index >= 15 is 0 Å². The van der Waals surface area contributed by atoms with Crippen molar-refractivity contribution in [2.75, 3.05) is 30.5 Å². The van der Waals surface area contributed by atoms with Gasteiger partial charge in [0.2, 0.25) is 29.4 Å². The summed E-state index contributed by atoms with van der Waals surface area (Å²) in [6.07, 6.45) is 3.64. The molecule has 0 aliphatic heterocycles. The summed E-state index contributed by atoms with van der Waals surface area (Å²) < 4.78 is 0. The van der Waals surface area contributed by atoms with Gasteiger partial charge in [0.15, 0.2) is 11.6 Å². The van der Waals surface area contributed by atoms with Gasteiger partial charge in [-0.05, 0) is 51.0 Å². The molecular weight excluding hydrogens is 670 g/mol. The molecule has 4 rings (SSSR count). The number of hydrogen-bond donors (Lipinski definition) is 7. The van der Waals surface area contributed by atoms with Crippen LogP contribution in [0.1, 0.15) is 50.2 Å². The van der Waals surface area contributed by atoms with E-state index in [2.05, 4.69) is 66.7 Å². The number of carbonyl (C=O) groups is 4. The summed E-state index contributed by atoms with van der Waals surface area (Å²) >= 11 is 0. The van der Waals surface area contributed by atoms with Crippen molar-refractivity contribution >= 4 is 35.1 Å². The van der Waals surface area contributed by atoms with Crippen LogP contribution < -0.4 is 16.0 Å². The lowest BCUT2D eigenvalue weighted by Gasteiger charge is -2.28. The number of aliphatic hydroxyl groups is 3. The van der Waals surface area contributed by atoms with Crippen molar-refractivity contribution in [2.45, 2.75) is 57.9 Å². The predicted molar refractivity (Wildman–Crippen MR) is 176 cm³/mol. The van der Waals surface area contributed by atoms with E-state index in [1.54, 1.807) is 38.1 Å². The van der Waals surface area contributed by atoms with E-state index in [1.807, 2.05) is 0 Å². The first kappa shape index (κ1) is 39.4. The fourth-order valence-electron chi connectivity index (χ4n) is 3.85. The smallest absolute Gasteiger partial charge is 0.303 e. The van der Waals surface area contributed by atoms with Crippen molar-refractivity contribution in [1.29, 1.82) is 0 Å². The first-order valence-corrected chi connectivity index (χ1v) is 15.4. The summed E-state index contributed by atoms with van der Waals surface area (Å²) in [5, 5.41) is 74.4. The van der Waals surface area contributed by atoms with Crippen LogP contribution in [-0.2, 0) is 19.2 Å². The molecule has 51 heavy (non-hydrogen) atoms. The van der Waals surface area contributed by atoms with Gasteiger partial charge >= 0.3 is 5.97 Å². The van der Waals surface area contributed by atoms with Crippen molar-refractivity contribution in [3.8, 4) is 23.0 Å². The van der Waals surface area contributed by atoms with Crippen LogP contribution in [0.4, 0.5) is 11.4 Å². The Bertz CT molecular complexity index is 1720. The number of nitrogens with zero attached hydrogens (tertiary/aromatic N) is 10. The first-order chi connectivity index (χ1) is 24.4. The molecule has 21 nitrogen and oxygen atoms in total. The van der Waals surface area contributed by atoms with Crippen LogP contribution in [0.5, 0.6) is 0 Å². The molecule has 270 valence electrons. The standard InChI is InChI=1S/C17H23N7O5.C13H14N6O3/c1-11-21-23-16(24-22-11)13-6-5-12(7-18-13)19-14(28)3-2-4-15(29)20-17(8-25,9-26)10-27;1-8-16-18-13(19-17-8)10-6-5-9(7-14-10)15-11(20)3-2-4-12(21)22/h5-7,25-27H,2-4,8-10H2,1H3,(H,19,28)(H,20,29);5-7H,2-4H2,1H3,(H,15,20)(H,21,22). The predicted octanol–water partition coefficient (Wildman–Crippen LogP) is -0.592. The van der Waals surface area contributed by atoms with Gasteiger partial charge in [-0.2, -0.15) is 0 Å². The highest BCUT2D eigenvalue weighted by atomic mass is 16.4. The van der Waals surface area contributed by atoms with Crippen molar-refractivity contribution in [1.82, 2.24) is 56.1 Å². The molecule has 0 aliphatic rings. The van der Waals surface area contributed by atoms with E-state index in [9.17, 15) is 34.5 Å². The Kier molecular flexibility index (Phi) is 15.3. The topological polar surface area (TPSA) is 314 Å². The summed E-state index contributed by atoms with van der Waals surface area (Å²) in [7, 11) is 0. The van der Waals surface area contributed by atoms with Gasteiger partial charge in [0, 0.05) is 25.7 Å². The average molecular weight is 708 g/mol. The van der Waals surface area contributed by atoms with E-state index in [4.69, 9.17) is 5.11 Å². The molecule has 0 saturated heterocycles. The zero-order chi connectivity index (χ0) is 37.2. The highest BCUT2D eigenvalue weighted by Gasteiger charge is 2.29. The fourth-order valence-corrected chi connectivity index (χ4v) is 3.85. The van der Waals surface area contributed by atoms with Gasteiger partial charge in [0.05, 0.1) is 43.6 Å². The Hall–Kier alpha value is -6.06. The third-order valence-corrected chi connectivity index (χ3v) is 6.63. The number of amides is 3. The SMILES string of the molecule is Cc1nnc(-c2ccc(NC(=O)CCCC(=O)NC(CO)(CO)CO)cn2)nn1.Cc1nnc(-c2ccc(NC(=O)CCCC(=O)O)cn2)nn1. The minimum atomic E-state index is -1.47. The Balaban J connectivity index is 0.000000286. The van der Waals surface area contributed by atoms with Crippen LogP contribution in [0.2, 0.25) is 0 Å². The number of hydrogen-bond acceptors (Lipinski definition) is 17. The van der Waals surface area contributed by atoms with Gasteiger partial charge in [0.25, 0.3) is 0 Å². The second-order valence-electron chi connectivity index (χ2n) is 10.9. The number of aliphatic hydroxyl groups excluding tert-OH is 3. The van der Waals surface area contributed by atoms with E-state index in [1.165, 1.54) is 12.4 Å². The average Bonchev–Trinajstić information content (AvgIpc) is 3.12. The molecule has 0 bridgehead atoms. The Morgan fingerprint density at radius 3 is 1.33 bits per heavy atom. The zero-order valence-electron chi connectivity index (χ0n) is 27.7. The summed E-state index contributed by atoms with van der Waals surface area (Å²) in [6.45, 7) is 1.54. The van der Waals surface area contributed by atoms with Gasteiger partial charge in [-0.3, -0.25) is 29.1 Å². The number of aliphatic carboxylic acids is 1. The number of rotatable bonds is 16. The highest BCUT2D eigenvalue weighted by Crippen LogP contribution is 2.15. The summed E-state index contributed by atoms with van der Waals surface area (Å²) in [6, 6.07) is 6.55. The summed E-state index contributed by atoms with van der Waals surface area (Å²) in [4.78, 5) is 54.1. The lowest BCUT2D eigenvalue weighted by atomic mass is 10.0. The molecule has 0 aromatic carbocycles. The molecule has 0 radical (unpaired) electrons. The third kappa shape index (κ3) is 13.4. The molecule has 21 heteroatoms. The van der Waals surface area contributed by atoms with Gasteiger partial charge in [-0.25, -0.2) is 0 Å². The van der Waals surface area contributed by atoms with Gasteiger partial charge in [-0.1, -0.05) is 0 Å². The molecule has 4 aromatic heterocycles. The molecule has 4 aromatic rings. The fraction of sp³-hybridized carbons (Fsp3) is 0.400. The molecule has 0 unspecified atom stereocenters. The monoisotopic (exact) mass is 707 g/mol. The molecule has 3 amide bonds. The molecular formula is C30H37N13O8. The molecule has 0 spiro atoms. The number of carboxylic acids is 1. The van der Waals surface area contributed by atoms with E-state index in [-0.39, 0.29) is 49.7 Å². The number of carboxylic acid groups (broad SMARTS) is 1.